The molecule has 0 radical (unpaired) electrons. The Kier molecular flexibility index (Phi) is 5.53. The molecular weight excluding hydrogens is 263 g/mol. The summed E-state index contributed by atoms with van der Waals surface area (Å²) in [6.07, 6.45) is 0.938. The molecule has 0 aromatic heterocycles. The first kappa shape index (κ1) is 12.4. The van der Waals surface area contributed by atoms with E-state index >= 15 is 0 Å². The molecular formula is C9H12BBrO4. The molecule has 1 aromatic rings. The van der Waals surface area contributed by atoms with Crippen molar-refractivity contribution in [2.45, 2.75) is 6.42 Å². The highest BCUT2D eigenvalue weighted by molar-refractivity contribution is 9.09. The summed E-state index contributed by atoms with van der Waals surface area (Å²) in [5.74, 6) is 1.12. The lowest BCUT2D eigenvalue weighted by molar-refractivity contribution is 0.287. The van der Waals surface area contributed by atoms with Gasteiger partial charge in [-0.2, -0.15) is 0 Å². The first-order valence-electron chi connectivity index (χ1n) is 4.54. The number of halogens is 1. The topological polar surface area (TPSA) is 58.9 Å². The van der Waals surface area contributed by atoms with Gasteiger partial charge in [-0.25, -0.2) is 0 Å². The molecule has 0 saturated carbocycles. The maximum absolute atomic E-state index is 8.55. The lowest BCUT2D eigenvalue weighted by Crippen LogP contribution is -2.20. The first-order chi connectivity index (χ1) is 7.22. The minimum Gasteiger partial charge on any atom is -0.512 e. The minimum atomic E-state index is -1.79. The summed E-state index contributed by atoms with van der Waals surface area (Å²) in [6, 6.07) is 6.66. The van der Waals surface area contributed by atoms with Crippen molar-refractivity contribution in [3.05, 3.63) is 24.3 Å². The van der Waals surface area contributed by atoms with Crippen molar-refractivity contribution in [1.29, 1.82) is 0 Å². The molecule has 1 rings (SSSR count). The quantitative estimate of drug-likeness (QED) is 0.465. The van der Waals surface area contributed by atoms with E-state index in [0.29, 0.717) is 12.4 Å². The molecule has 0 amide bonds. The van der Waals surface area contributed by atoms with Gasteiger partial charge in [0.25, 0.3) is 0 Å². The third-order valence-corrected chi connectivity index (χ3v) is 2.17. The lowest BCUT2D eigenvalue weighted by atomic mass is 10.2. The van der Waals surface area contributed by atoms with Crippen molar-refractivity contribution < 1.29 is 19.4 Å². The van der Waals surface area contributed by atoms with Gasteiger partial charge >= 0.3 is 7.32 Å². The van der Waals surface area contributed by atoms with E-state index in [1.807, 2.05) is 0 Å². The maximum Gasteiger partial charge on any atom is 0.707 e. The van der Waals surface area contributed by atoms with E-state index in [1.165, 1.54) is 0 Å². The van der Waals surface area contributed by atoms with Gasteiger partial charge in [-0.15, -0.1) is 0 Å². The highest BCUT2D eigenvalue weighted by atomic mass is 79.9. The van der Waals surface area contributed by atoms with Gasteiger partial charge in [0.1, 0.15) is 11.5 Å². The van der Waals surface area contributed by atoms with Crippen LogP contribution in [0.3, 0.4) is 0 Å². The van der Waals surface area contributed by atoms with E-state index in [9.17, 15) is 0 Å². The molecule has 0 fully saturated rings. The van der Waals surface area contributed by atoms with Gasteiger partial charge in [0.15, 0.2) is 0 Å². The third-order valence-electron chi connectivity index (χ3n) is 1.61. The van der Waals surface area contributed by atoms with Crippen molar-refractivity contribution in [3.63, 3.8) is 0 Å². The second-order valence-corrected chi connectivity index (χ2v) is 3.60. The van der Waals surface area contributed by atoms with E-state index in [1.54, 1.807) is 24.3 Å². The molecule has 0 bridgehead atoms. The van der Waals surface area contributed by atoms with E-state index in [0.717, 1.165) is 17.5 Å². The van der Waals surface area contributed by atoms with E-state index in [-0.39, 0.29) is 0 Å². The highest BCUT2D eigenvalue weighted by Crippen LogP contribution is 2.17. The van der Waals surface area contributed by atoms with Crippen LogP contribution in [-0.4, -0.2) is 29.3 Å². The van der Waals surface area contributed by atoms with Gasteiger partial charge in [0.2, 0.25) is 0 Å². The molecule has 4 nitrogen and oxygen atoms in total. The van der Waals surface area contributed by atoms with Crippen LogP contribution in [-0.2, 0) is 0 Å². The van der Waals surface area contributed by atoms with E-state index in [2.05, 4.69) is 20.6 Å². The Bertz CT molecular complexity index is 278. The Morgan fingerprint density at radius 2 is 1.73 bits per heavy atom. The van der Waals surface area contributed by atoms with Crippen LogP contribution in [0.5, 0.6) is 11.5 Å². The second-order valence-electron chi connectivity index (χ2n) is 2.81. The lowest BCUT2D eigenvalue weighted by Gasteiger charge is -2.07. The zero-order valence-corrected chi connectivity index (χ0v) is 9.68. The predicted octanol–water partition coefficient (Wildman–Crippen LogP) is 1.20. The van der Waals surface area contributed by atoms with Crippen molar-refractivity contribution >= 4 is 23.3 Å². The van der Waals surface area contributed by atoms with Gasteiger partial charge in [0, 0.05) is 5.33 Å². The molecule has 0 unspecified atom stereocenters. The number of rotatable bonds is 6. The molecule has 15 heavy (non-hydrogen) atoms. The molecule has 0 spiro atoms. The standard InChI is InChI=1S/C9H12BBrO4/c11-6-1-7-14-8-2-4-9(5-3-8)15-10(12)13/h2-5,12-13H,1,6-7H2. The normalized spacial score (nSPS) is 9.80. The van der Waals surface area contributed by atoms with Crippen LogP contribution in [0.25, 0.3) is 0 Å². The Morgan fingerprint density at radius 1 is 1.13 bits per heavy atom. The number of hydrogen-bond donors (Lipinski definition) is 2. The molecule has 2 N–H and O–H groups in total. The Hall–Kier alpha value is -0.715. The van der Waals surface area contributed by atoms with Crippen molar-refractivity contribution in [1.82, 2.24) is 0 Å². The number of benzene rings is 1. The number of alkyl halides is 1. The Balaban J connectivity index is 2.42. The van der Waals surface area contributed by atoms with Crippen LogP contribution in [0, 0.1) is 0 Å². The summed E-state index contributed by atoms with van der Waals surface area (Å²) < 4.78 is 10.0. The Morgan fingerprint density at radius 3 is 2.27 bits per heavy atom. The van der Waals surface area contributed by atoms with Crippen molar-refractivity contribution in [2.24, 2.45) is 0 Å². The van der Waals surface area contributed by atoms with Gasteiger partial charge in [-0.1, -0.05) is 15.9 Å². The van der Waals surface area contributed by atoms with E-state index < -0.39 is 7.32 Å². The second kappa shape index (κ2) is 6.71. The van der Waals surface area contributed by atoms with Gasteiger partial charge < -0.3 is 19.4 Å². The van der Waals surface area contributed by atoms with Crippen LogP contribution in [0.4, 0.5) is 0 Å². The average Bonchev–Trinajstić information content (AvgIpc) is 2.20. The summed E-state index contributed by atoms with van der Waals surface area (Å²) in [4.78, 5) is 0. The molecule has 0 aliphatic heterocycles. The SMILES string of the molecule is OB(O)Oc1ccc(OCCCBr)cc1. The largest absolute Gasteiger partial charge is 0.707 e. The van der Waals surface area contributed by atoms with E-state index in [4.69, 9.17) is 14.8 Å². The van der Waals surface area contributed by atoms with Crippen LogP contribution >= 0.6 is 15.9 Å². The average molecular weight is 275 g/mol. The summed E-state index contributed by atoms with van der Waals surface area (Å²) >= 11 is 3.31. The first-order valence-corrected chi connectivity index (χ1v) is 5.66. The number of ether oxygens (including phenoxy) is 1. The molecule has 0 aliphatic carbocycles. The molecule has 0 saturated heterocycles. The summed E-state index contributed by atoms with van der Waals surface area (Å²) in [5.41, 5.74) is 0. The maximum atomic E-state index is 8.55. The zero-order chi connectivity index (χ0) is 11.1. The summed E-state index contributed by atoms with van der Waals surface area (Å²) in [5, 5.41) is 18.0. The number of hydrogen-bond acceptors (Lipinski definition) is 4. The third kappa shape index (κ3) is 5.06. The molecule has 0 heterocycles. The van der Waals surface area contributed by atoms with Gasteiger partial charge in [-0.3, -0.25) is 0 Å². The fourth-order valence-electron chi connectivity index (χ4n) is 0.981. The van der Waals surface area contributed by atoms with Crippen LogP contribution in [0.2, 0.25) is 0 Å². The molecule has 1 aromatic carbocycles. The Labute approximate surface area is 97.1 Å². The highest BCUT2D eigenvalue weighted by Gasteiger charge is 2.10. The molecule has 0 aliphatic rings. The van der Waals surface area contributed by atoms with Crippen LogP contribution in [0.15, 0.2) is 24.3 Å². The van der Waals surface area contributed by atoms with Gasteiger partial charge in [-0.05, 0) is 30.7 Å². The smallest absolute Gasteiger partial charge is 0.512 e. The van der Waals surface area contributed by atoms with Gasteiger partial charge in [0.05, 0.1) is 6.61 Å². The van der Waals surface area contributed by atoms with Crippen molar-refractivity contribution in [3.8, 4) is 11.5 Å². The van der Waals surface area contributed by atoms with Crippen molar-refractivity contribution in [2.75, 3.05) is 11.9 Å². The fourth-order valence-corrected chi connectivity index (χ4v) is 1.21. The minimum absolute atomic E-state index is 0.387. The molecule has 0 atom stereocenters. The molecule has 82 valence electrons. The predicted molar refractivity (Wildman–Crippen MR) is 61.2 cm³/mol. The van der Waals surface area contributed by atoms with Crippen LogP contribution in [0.1, 0.15) is 6.42 Å². The summed E-state index contributed by atoms with van der Waals surface area (Å²) in [7, 11) is -1.79. The summed E-state index contributed by atoms with van der Waals surface area (Å²) in [6.45, 7) is 0.647. The van der Waals surface area contributed by atoms with Crippen LogP contribution < -0.4 is 9.39 Å². The zero-order valence-electron chi connectivity index (χ0n) is 8.10. The monoisotopic (exact) mass is 274 g/mol. The molecule has 6 heteroatoms. The fraction of sp³-hybridized carbons (Fsp3) is 0.333.